The Kier molecular flexibility index (Phi) is 6.97. The Labute approximate surface area is 115 Å². The van der Waals surface area contributed by atoms with Crippen molar-refractivity contribution in [2.24, 2.45) is 0 Å². The van der Waals surface area contributed by atoms with Gasteiger partial charge in [0, 0.05) is 33.0 Å². The van der Waals surface area contributed by atoms with Crippen molar-refractivity contribution in [1.82, 2.24) is 5.32 Å². The second kappa shape index (κ2) is 8.53. The fourth-order valence-electron chi connectivity index (χ4n) is 1.91. The average Bonchev–Trinajstić information content (AvgIpc) is 2.42. The summed E-state index contributed by atoms with van der Waals surface area (Å²) in [4.78, 5) is 12.0. The van der Waals surface area contributed by atoms with Gasteiger partial charge in [-0.1, -0.05) is 6.07 Å². The summed E-state index contributed by atoms with van der Waals surface area (Å²) in [6, 6.07) is 5.79. The van der Waals surface area contributed by atoms with Gasteiger partial charge in [-0.05, 0) is 43.9 Å². The lowest BCUT2D eigenvalue weighted by molar-refractivity contribution is 0.0953. The lowest BCUT2D eigenvalue weighted by Crippen LogP contribution is -2.25. The molecule has 0 aliphatic heterocycles. The highest BCUT2D eigenvalue weighted by atomic mass is 16.5. The topological polar surface area (TPSA) is 50.4 Å². The van der Waals surface area contributed by atoms with Crippen molar-refractivity contribution in [3.8, 4) is 0 Å². The lowest BCUT2D eigenvalue weighted by atomic mass is 10.1. The van der Waals surface area contributed by atoms with Crippen LogP contribution < -0.4 is 10.6 Å². The standard InChI is InChI=1S/C15H24N2O2/c1-12-7-8-13(14(11-12)16-2)15(18)17-9-5-4-6-10-19-3/h7-8,11,16H,4-6,9-10H2,1-3H3,(H,17,18). The molecular weight excluding hydrogens is 240 g/mol. The molecule has 0 fully saturated rings. The highest BCUT2D eigenvalue weighted by Crippen LogP contribution is 2.16. The number of benzene rings is 1. The van der Waals surface area contributed by atoms with Crippen LogP contribution in [0.1, 0.15) is 35.2 Å². The molecule has 0 heterocycles. The van der Waals surface area contributed by atoms with Crippen molar-refractivity contribution in [2.75, 3.05) is 32.6 Å². The molecule has 0 aliphatic carbocycles. The molecule has 1 amide bonds. The fourth-order valence-corrected chi connectivity index (χ4v) is 1.91. The monoisotopic (exact) mass is 264 g/mol. The van der Waals surface area contributed by atoms with Crippen LogP contribution in [0.15, 0.2) is 18.2 Å². The van der Waals surface area contributed by atoms with Crippen molar-refractivity contribution in [3.63, 3.8) is 0 Å². The largest absolute Gasteiger partial charge is 0.387 e. The van der Waals surface area contributed by atoms with Crippen LogP contribution in [0.3, 0.4) is 0 Å². The number of unbranched alkanes of at least 4 members (excludes halogenated alkanes) is 2. The number of rotatable bonds is 8. The number of amides is 1. The highest BCUT2D eigenvalue weighted by Gasteiger charge is 2.09. The summed E-state index contributed by atoms with van der Waals surface area (Å²) in [5.74, 6) is -0.0175. The normalized spacial score (nSPS) is 10.3. The number of hydrogen-bond donors (Lipinski definition) is 2. The number of carbonyl (C=O) groups is 1. The van der Waals surface area contributed by atoms with E-state index in [1.54, 1.807) is 7.11 Å². The smallest absolute Gasteiger partial charge is 0.253 e. The van der Waals surface area contributed by atoms with Crippen molar-refractivity contribution in [1.29, 1.82) is 0 Å². The van der Waals surface area contributed by atoms with E-state index < -0.39 is 0 Å². The van der Waals surface area contributed by atoms with Crippen LogP contribution in [-0.2, 0) is 4.74 Å². The third-order valence-corrected chi connectivity index (χ3v) is 3.00. The van der Waals surface area contributed by atoms with E-state index in [1.807, 2.05) is 32.2 Å². The second-order valence-corrected chi connectivity index (χ2v) is 4.61. The molecular formula is C15H24N2O2. The zero-order valence-corrected chi connectivity index (χ0v) is 12.1. The predicted octanol–water partition coefficient (Wildman–Crippen LogP) is 2.58. The molecule has 0 radical (unpaired) electrons. The van der Waals surface area contributed by atoms with Crippen LogP contribution in [-0.4, -0.2) is 33.2 Å². The molecule has 4 heteroatoms. The summed E-state index contributed by atoms with van der Waals surface area (Å²) in [5, 5.41) is 6.01. The number of hydrogen-bond acceptors (Lipinski definition) is 3. The van der Waals surface area contributed by atoms with E-state index in [1.165, 1.54) is 0 Å². The maximum absolute atomic E-state index is 12.0. The van der Waals surface area contributed by atoms with Gasteiger partial charge in [-0.2, -0.15) is 0 Å². The first kappa shape index (κ1) is 15.5. The first-order chi connectivity index (χ1) is 9.19. The molecule has 4 nitrogen and oxygen atoms in total. The number of aryl methyl sites for hydroxylation is 1. The molecule has 0 saturated carbocycles. The molecule has 0 saturated heterocycles. The summed E-state index contributed by atoms with van der Waals surface area (Å²) in [7, 11) is 3.54. The van der Waals surface area contributed by atoms with Gasteiger partial charge in [0.2, 0.25) is 0 Å². The van der Waals surface area contributed by atoms with Gasteiger partial charge in [-0.3, -0.25) is 4.79 Å². The van der Waals surface area contributed by atoms with Crippen LogP contribution in [0.2, 0.25) is 0 Å². The summed E-state index contributed by atoms with van der Waals surface area (Å²) < 4.78 is 4.98. The minimum atomic E-state index is -0.0175. The summed E-state index contributed by atoms with van der Waals surface area (Å²) in [6.45, 7) is 3.51. The first-order valence-electron chi connectivity index (χ1n) is 6.74. The highest BCUT2D eigenvalue weighted by molar-refractivity contribution is 5.99. The van der Waals surface area contributed by atoms with Crippen LogP contribution in [0.5, 0.6) is 0 Å². The van der Waals surface area contributed by atoms with Gasteiger partial charge in [0.1, 0.15) is 0 Å². The Bertz CT molecular complexity index is 405. The van der Waals surface area contributed by atoms with Crippen molar-refractivity contribution >= 4 is 11.6 Å². The van der Waals surface area contributed by atoms with E-state index in [2.05, 4.69) is 10.6 Å². The SMILES string of the molecule is CNc1cc(C)ccc1C(=O)NCCCCCOC. The fraction of sp³-hybridized carbons (Fsp3) is 0.533. The molecule has 1 rings (SSSR count). The van der Waals surface area contributed by atoms with Crippen LogP contribution in [0.4, 0.5) is 5.69 Å². The van der Waals surface area contributed by atoms with E-state index in [0.29, 0.717) is 12.1 Å². The number of anilines is 1. The second-order valence-electron chi connectivity index (χ2n) is 4.61. The van der Waals surface area contributed by atoms with Gasteiger partial charge in [-0.25, -0.2) is 0 Å². The number of carbonyl (C=O) groups excluding carboxylic acids is 1. The molecule has 2 N–H and O–H groups in total. The van der Waals surface area contributed by atoms with Crippen molar-refractivity contribution in [3.05, 3.63) is 29.3 Å². The summed E-state index contributed by atoms with van der Waals surface area (Å²) in [6.07, 6.45) is 3.09. The van der Waals surface area contributed by atoms with Gasteiger partial charge in [0.15, 0.2) is 0 Å². The minimum absolute atomic E-state index is 0.0175. The Hall–Kier alpha value is -1.55. The average molecular weight is 264 g/mol. The molecule has 0 aromatic heterocycles. The van der Waals surface area contributed by atoms with Gasteiger partial charge in [0.25, 0.3) is 5.91 Å². The van der Waals surface area contributed by atoms with Crippen molar-refractivity contribution < 1.29 is 9.53 Å². The van der Waals surface area contributed by atoms with Crippen LogP contribution in [0, 0.1) is 6.92 Å². The molecule has 0 unspecified atom stereocenters. The van der Waals surface area contributed by atoms with E-state index in [9.17, 15) is 4.79 Å². The Balaban J connectivity index is 2.41. The molecule has 0 aliphatic rings. The van der Waals surface area contributed by atoms with Gasteiger partial charge < -0.3 is 15.4 Å². The van der Waals surface area contributed by atoms with Gasteiger partial charge >= 0.3 is 0 Å². The Morgan fingerprint density at radius 1 is 1.26 bits per heavy atom. The van der Waals surface area contributed by atoms with Gasteiger partial charge in [0.05, 0.1) is 5.56 Å². The third-order valence-electron chi connectivity index (χ3n) is 3.00. The zero-order chi connectivity index (χ0) is 14.1. The third kappa shape index (κ3) is 5.30. The number of methoxy groups -OCH3 is 1. The lowest BCUT2D eigenvalue weighted by Gasteiger charge is -2.10. The molecule has 106 valence electrons. The molecule has 0 atom stereocenters. The van der Waals surface area contributed by atoms with Crippen LogP contribution in [0.25, 0.3) is 0 Å². The minimum Gasteiger partial charge on any atom is -0.387 e. The Morgan fingerprint density at radius 3 is 2.74 bits per heavy atom. The number of ether oxygens (including phenoxy) is 1. The summed E-state index contributed by atoms with van der Waals surface area (Å²) in [5.41, 5.74) is 2.71. The van der Waals surface area contributed by atoms with Gasteiger partial charge in [-0.15, -0.1) is 0 Å². The predicted molar refractivity (Wildman–Crippen MR) is 78.8 cm³/mol. The van der Waals surface area contributed by atoms with Crippen LogP contribution >= 0.6 is 0 Å². The molecule has 1 aromatic carbocycles. The van der Waals surface area contributed by atoms with Crippen molar-refractivity contribution in [2.45, 2.75) is 26.2 Å². The molecule has 0 bridgehead atoms. The first-order valence-corrected chi connectivity index (χ1v) is 6.74. The number of nitrogens with one attached hydrogen (secondary N) is 2. The molecule has 0 spiro atoms. The Morgan fingerprint density at radius 2 is 2.05 bits per heavy atom. The van der Waals surface area contributed by atoms with E-state index >= 15 is 0 Å². The molecule has 19 heavy (non-hydrogen) atoms. The van der Waals surface area contributed by atoms with E-state index in [0.717, 1.165) is 37.1 Å². The quantitative estimate of drug-likeness (QED) is 0.710. The maximum atomic E-state index is 12.0. The summed E-state index contributed by atoms with van der Waals surface area (Å²) >= 11 is 0. The van der Waals surface area contributed by atoms with E-state index in [4.69, 9.17) is 4.74 Å². The zero-order valence-electron chi connectivity index (χ0n) is 12.1. The van der Waals surface area contributed by atoms with E-state index in [-0.39, 0.29) is 5.91 Å². The molecule has 1 aromatic rings. The maximum Gasteiger partial charge on any atom is 0.253 e.